The zero-order chi connectivity index (χ0) is 11.9. The largest absolute Gasteiger partial charge is 0.315 e. The van der Waals surface area contributed by atoms with Crippen LogP contribution in [-0.2, 0) is 6.42 Å². The molecule has 1 unspecified atom stereocenters. The highest BCUT2D eigenvalue weighted by Crippen LogP contribution is 2.15. The fourth-order valence-electron chi connectivity index (χ4n) is 2.59. The molecule has 0 aromatic carbocycles. The molecule has 1 aromatic heterocycles. The van der Waals surface area contributed by atoms with Gasteiger partial charge in [-0.25, -0.2) is 0 Å². The van der Waals surface area contributed by atoms with Crippen molar-refractivity contribution in [3.05, 3.63) is 30.1 Å². The van der Waals surface area contributed by atoms with E-state index in [1.807, 2.05) is 12.4 Å². The summed E-state index contributed by atoms with van der Waals surface area (Å²) in [5.74, 6) is 0. The Morgan fingerprint density at radius 3 is 3.00 bits per heavy atom. The zero-order valence-electron chi connectivity index (χ0n) is 10.7. The number of hydrogen-bond donors (Lipinski definition) is 1. The molecule has 94 valence electrons. The van der Waals surface area contributed by atoms with Crippen molar-refractivity contribution in [1.82, 2.24) is 15.2 Å². The minimum absolute atomic E-state index is 0.762. The first-order valence-electron chi connectivity index (χ1n) is 6.74. The summed E-state index contributed by atoms with van der Waals surface area (Å²) in [6, 6.07) is 4.95. The van der Waals surface area contributed by atoms with Crippen molar-refractivity contribution >= 4 is 0 Å². The van der Waals surface area contributed by atoms with Crippen LogP contribution in [0.1, 0.15) is 25.3 Å². The van der Waals surface area contributed by atoms with Gasteiger partial charge in [-0.05, 0) is 56.6 Å². The maximum atomic E-state index is 4.03. The molecular formula is C14H23N3. The van der Waals surface area contributed by atoms with Crippen molar-refractivity contribution in [1.29, 1.82) is 0 Å². The number of likely N-dealkylation sites (tertiary alicyclic amines) is 1. The van der Waals surface area contributed by atoms with Gasteiger partial charge in [-0.3, -0.25) is 9.88 Å². The lowest BCUT2D eigenvalue weighted by atomic mass is 10.2. The fourth-order valence-corrected chi connectivity index (χ4v) is 2.59. The third kappa shape index (κ3) is 3.79. The van der Waals surface area contributed by atoms with Crippen LogP contribution in [0, 0.1) is 0 Å². The average molecular weight is 233 g/mol. The summed E-state index contributed by atoms with van der Waals surface area (Å²) in [4.78, 5) is 6.61. The number of aromatic nitrogens is 1. The number of hydrogen-bond acceptors (Lipinski definition) is 3. The van der Waals surface area contributed by atoms with Gasteiger partial charge in [-0.1, -0.05) is 6.92 Å². The van der Waals surface area contributed by atoms with E-state index in [2.05, 4.69) is 34.3 Å². The van der Waals surface area contributed by atoms with E-state index in [4.69, 9.17) is 0 Å². The molecule has 0 bridgehead atoms. The molecule has 0 radical (unpaired) electrons. The lowest BCUT2D eigenvalue weighted by Crippen LogP contribution is -2.38. The molecule has 2 rings (SSSR count). The SMILES string of the molecule is CCN1CCCC1CNCCc1ccncc1. The molecular weight excluding hydrogens is 210 g/mol. The molecule has 1 N–H and O–H groups in total. The average Bonchev–Trinajstić information content (AvgIpc) is 2.83. The first kappa shape index (κ1) is 12.5. The van der Waals surface area contributed by atoms with Crippen LogP contribution in [-0.4, -0.2) is 42.1 Å². The number of rotatable bonds is 6. The number of likely N-dealkylation sites (N-methyl/N-ethyl adjacent to an activating group) is 1. The maximum Gasteiger partial charge on any atom is 0.0270 e. The Kier molecular flexibility index (Phi) is 4.95. The van der Waals surface area contributed by atoms with E-state index in [0.29, 0.717) is 0 Å². The van der Waals surface area contributed by atoms with Crippen molar-refractivity contribution in [2.45, 2.75) is 32.2 Å². The Bertz CT molecular complexity index is 313. The van der Waals surface area contributed by atoms with Crippen molar-refractivity contribution in [3.8, 4) is 0 Å². The summed E-state index contributed by atoms with van der Waals surface area (Å²) in [7, 11) is 0. The molecule has 1 aliphatic rings. The topological polar surface area (TPSA) is 28.2 Å². The summed E-state index contributed by atoms with van der Waals surface area (Å²) >= 11 is 0. The predicted octanol–water partition coefficient (Wildman–Crippen LogP) is 1.70. The summed E-state index contributed by atoms with van der Waals surface area (Å²) in [5.41, 5.74) is 1.37. The summed E-state index contributed by atoms with van der Waals surface area (Å²) in [5, 5.41) is 3.58. The van der Waals surface area contributed by atoms with Crippen LogP contribution >= 0.6 is 0 Å². The van der Waals surface area contributed by atoms with Gasteiger partial charge in [-0.15, -0.1) is 0 Å². The second kappa shape index (κ2) is 6.72. The van der Waals surface area contributed by atoms with Crippen LogP contribution in [0.2, 0.25) is 0 Å². The van der Waals surface area contributed by atoms with Crippen LogP contribution in [0.25, 0.3) is 0 Å². The van der Waals surface area contributed by atoms with E-state index in [-0.39, 0.29) is 0 Å². The zero-order valence-corrected chi connectivity index (χ0v) is 10.7. The van der Waals surface area contributed by atoms with Crippen molar-refractivity contribution < 1.29 is 0 Å². The Hall–Kier alpha value is -0.930. The molecule has 1 fully saturated rings. The van der Waals surface area contributed by atoms with Gasteiger partial charge >= 0.3 is 0 Å². The van der Waals surface area contributed by atoms with E-state index in [9.17, 15) is 0 Å². The van der Waals surface area contributed by atoms with Gasteiger partial charge < -0.3 is 5.32 Å². The molecule has 1 saturated heterocycles. The standard InChI is InChI=1S/C14H23N3/c1-2-17-11-3-4-14(17)12-16-10-7-13-5-8-15-9-6-13/h5-6,8-9,14,16H,2-4,7,10-12H2,1H3. The molecule has 0 saturated carbocycles. The highest BCUT2D eigenvalue weighted by atomic mass is 15.2. The summed E-state index contributed by atoms with van der Waals surface area (Å²) in [6.45, 7) is 6.94. The van der Waals surface area contributed by atoms with E-state index < -0.39 is 0 Å². The Morgan fingerprint density at radius 2 is 2.24 bits per heavy atom. The van der Waals surface area contributed by atoms with Crippen LogP contribution < -0.4 is 5.32 Å². The van der Waals surface area contributed by atoms with E-state index >= 15 is 0 Å². The maximum absolute atomic E-state index is 4.03. The summed E-state index contributed by atoms with van der Waals surface area (Å²) in [6.07, 6.45) is 7.55. The van der Waals surface area contributed by atoms with E-state index in [1.54, 1.807) is 0 Å². The Balaban J connectivity index is 1.63. The van der Waals surface area contributed by atoms with Crippen molar-refractivity contribution in [2.75, 3.05) is 26.2 Å². The monoisotopic (exact) mass is 233 g/mol. The summed E-state index contributed by atoms with van der Waals surface area (Å²) < 4.78 is 0. The van der Waals surface area contributed by atoms with Crippen LogP contribution in [0.4, 0.5) is 0 Å². The van der Waals surface area contributed by atoms with Gasteiger partial charge in [0, 0.05) is 25.0 Å². The Morgan fingerprint density at radius 1 is 1.41 bits per heavy atom. The first-order chi connectivity index (χ1) is 8.40. The van der Waals surface area contributed by atoms with Crippen molar-refractivity contribution in [2.24, 2.45) is 0 Å². The second-order valence-electron chi connectivity index (χ2n) is 4.73. The predicted molar refractivity (Wildman–Crippen MR) is 71.1 cm³/mol. The van der Waals surface area contributed by atoms with Gasteiger partial charge in [0.1, 0.15) is 0 Å². The molecule has 0 aliphatic carbocycles. The first-order valence-corrected chi connectivity index (χ1v) is 6.74. The lowest BCUT2D eigenvalue weighted by molar-refractivity contribution is 0.260. The molecule has 1 aromatic rings. The highest BCUT2D eigenvalue weighted by molar-refractivity contribution is 5.09. The molecule has 3 nitrogen and oxygen atoms in total. The van der Waals surface area contributed by atoms with Crippen LogP contribution in [0.5, 0.6) is 0 Å². The minimum atomic E-state index is 0.762. The van der Waals surface area contributed by atoms with Gasteiger partial charge in [-0.2, -0.15) is 0 Å². The molecule has 17 heavy (non-hydrogen) atoms. The van der Waals surface area contributed by atoms with Gasteiger partial charge in [0.25, 0.3) is 0 Å². The quantitative estimate of drug-likeness (QED) is 0.758. The second-order valence-corrected chi connectivity index (χ2v) is 4.73. The van der Waals surface area contributed by atoms with Gasteiger partial charge in [0.2, 0.25) is 0 Å². The number of pyridine rings is 1. The molecule has 1 aliphatic heterocycles. The number of nitrogens with one attached hydrogen (secondary N) is 1. The minimum Gasteiger partial charge on any atom is -0.315 e. The Labute approximate surface area is 104 Å². The third-order valence-corrected chi connectivity index (χ3v) is 3.63. The molecule has 0 spiro atoms. The van der Waals surface area contributed by atoms with Crippen LogP contribution in [0.3, 0.4) is 0 Å². The van der Waals surface area contributed by atoms with E-state index in [1.165, 1.54) is 31.5 Å². The van der Waals surface area contributed by atoms with E-state index in [0.717, 1.165) is 25.6 Å². The normalized spacial score (nSPS) is 20.9. The number of nitrogens with zero attached hydrogens (tertiary/aromatic N) is 2. The van der Waals surface area contributed by atoms with Crippen LogP contribution in [0.15, 0.2) is 24.5 Å². The van der Waals surface area contributed by atoms with Crippen molar-refractivity contribution in [3.63, 3.8) is 0 Å². The molecule has 2 heterocycles. The highest BCUT2D eigenvalue weighted by Gasteiger charge is 2.21. The lowest BCUT2D eigenvalue weighted by Gasteiger charge is -2.22. The smallest absolute Gasteiger partial charge is 0.0270 e. The van der Waals surface area contributed by atoms with Gasteiger partial charge in [0.05, 0.1) is 0 Å². The van der Waals surface area contributed by atoms with Gasteiger partial charge in [0.15, 0.2) is 0 Å². The third-order valence-electron chi connectivity index (χ3n) is 3.63. The fraction of sp³-hybridized carbons (Fsp3) is 0.643. The molecule has 0 amide bonds. The molecule has 3 heteroatoms. The molecule has 1 atom stereocenters.